The summed E-state index contributed by atoms with van der Waals surface area (Å²) in [5.41, 5.74) is 1.19. The lowest BCUT2D eigenvalue weighted by Crippen LogP contribution is -2.31. The van der Waals surface area contributed by atoms with Gasteiger partial charge in [-0.25, -0.2) is 0 Å². The van der Waals surface area contributed by atoms with E-state index in [1.165, 1.54) is 0 Å². The van der Waals surface area contributed by atoms with Crippen molar-refractivity contribution in [2.45, 2.75) is 6.92 Å². The molecule has 2 rings (SSSR count). The molecule has 1 atom stereocenters. The molecule has 4 heteroatoms. The number of ether oxygens (including phenoxy) is 1. The van der Waals surface area contributed by atoms with Crippen molar-refractivity contribution >= 4 is 17.9 Å². The van der Waals surface area contributed by atoms with Gasteiger partial charge < -0.3 is 9.64 Å². The molecule has 1 heterocycles. The number of aldehydes is 1. The van der Waals surface area contributed by atoms with Crippen LogP contribution in [0.2, 0.25) is 0 Å². The number of fused-ring (bicyclic) bond motifs is 1. The monoisotopic (exact) mass is 219 g/mol. The molecule has 1 aliphatic heterocycles. The third-order valence-electron chi connectivity index (χ3n) is 2.72. The molecule has 0 N–H and O–H groups in total. The minimum atomic E-state index is -0.169. The van der Waals surface area contributed by atoms with Gasteiger partial charge in [0.05, 0.1) is 18.2 Å². The molecule has 0 aromatic heterocycles. The van der Waals surface area contributed by atoms with Crippen LogP contribution >= 0.6 is 0 Å². The first-order chi connectivity index (χ1) is 7.63. The highest BCUT2D eigenvalue weighted by atomic mass is 16.5. The fraction of sp³-hybridized carbons (Fsp3) is 0.333. The smallest absolute Gasteiger partial charge is 0.233 e. The van der Waals surface area contributed by atoms with E-state index in [4.69, 9.17) is 4.74 Å². The molecule has 1 amide bonds. The second-order valence-corrected chi connectivity index (χ2v) is 3.95. The summed E-state index contributed by atoms with van der Waals surface area (Å²) in [5.74, 6) is 0.477. The molecule has 0 spiro atoms. The first-order valence-corrected chi connectivity index (χ1v) is 5.13. The van der Waals surface area contributed by atoms with Crippen molar-refractivity contribution in [2.75, 3.05) is 18.6 Å². The summed E-state index contributed by atoms with van der Waals surface area (Å²) in [7, 11) is 1.70. The molecule has 0 bridgehead atoms. The van der Waals surface area contributed by atoms with Crippen molar-refractivity contribution in [1.29, 1.82) is 0 Å². The minimum Gasteiger partial charge on any atom is -0.491 e. The van der Waals surface area contributed by atoms with Crippen molar-refractivity contribution in [3.63, 3.8) is 0 Å². The van der Waals surface area contributed by atoms with Gasteiger partial charge in [0.25, 0.3) is 0 Å². The average molecular weight is 219 g/mol. The van der Waals surface area contributed by atoms with E-state index in [0.29, 0.717) is 23.6 Å². The molecule has 1 unspecified atom stereocenters. The van der Waals surface area contributed by atoms with E-state index >= 15 is 0 Å². The fourth-order valence-corrected chi connectivity index (χ4v) is 1.73. The molecule has 0 saturated heterocycles. The Bertz CT molecular complexity index is 442. The number of hydrogen-bond donors (Lipinski definition) is 0. The first-order valence-electron chi connectivity index (χ1n) is 5.13. The lowest BCUT2D eigenvalue weighted by molar-refractivity contribution is -0.122. The molecule has 0 radical (unpaired) electrons. The Labute approximate surface area is 93.8 Å². The predicted molar refractivity (Wildman–Crippen MR) is 59.9 cm³/mol. The van der Waals surface area contributed by atoms with Gasteiger partial charge in [-0.1, -0.05) is 6.92 Å². The van der Waals surface area contributed by atoms with Gasteiger partial charge in [-0.15, -0.1) is 0 Å². The largest absolute Gasteiger partial charge is 0.491 e. The zero-order valence-electron chi connectivity index (χ0n) is 9.27. The van der Waals surface area contributed by atoms with Gasteiger partial charge >= 0.3 is 0 Å². The summed E-state index contributed by atoms with van der Waals surface area (Å²) < 4.78 is 5.52. The Morgan fingerprint density at radius 2 is 2.25 bits per heavy atom. The zero-order chi connectivity index (χ0) is 11.7. The Morgan fingerprint density at radius 3 is 2.94 bits per heavy atom. The normalized spacial score (nSPS) is 19.8. The van der Waals surface area contributed by atoms with Crippen LogP contribution in [-0.4, -0.2) is 25.8 Å². The van der Waals surface area contributed by atoms with Crippen LogP contribution in [0.4, 0.5) is 5.69 Å². The van der Waals surface area contributed by atoms with Crippen LogP contribution in [0.1, 0.15) is 17.3 Å². The standard InChI is InChI=1S/C12H13NO3/c1-8-7-16-11-4-3-9(6-14)5-10(11)13(2)12(8)15/h3-6,8H,7H2,1-2H3. The SMILES string of the molecule is CC1COc2ccc(C=O)cc2N(C)C1=O. The van der Waals surface area contributed by atoms with E-state index in [1.807, 2.05) is 6.92 Å². The quantitative estimate of drug-likeness (QED) is 0.672. The predicted octanol–water partition coefficient (Wildman–Crippen LogP) is 1.49. The number of carbonyl (C=O) groups is 2. The highest BCUT2D eigenvalue weighted by Crippen LogP contribution is 2.32. The lowest BCUT2D eigenvalue weighted by atomic mass is 10.1. The van der Waals surface area contributed by atoms with E-state index in [1.54, 1.807) is 30.1 Å². The molecule has 0 aliphatic carbocycles. The van der Waals surface area contributed by atoms with Crippen molar-refractivity contribution in [1.82, 2.24) is 0 Å². The summed E-state index contributed by atoms with van der Waals surface area (Å²) >= 11 is 0. The van der Waals surface area contributed by atoms with E-state index in [-0.39, 0.29) is 11.8 Å². The van der Waals surface area contributed by atoms with Crippen LogP contribution in [0.15, 0.2) is 18.2 Å². The van der Waals surface area contributed by atoms with Crippen molar-refractivity contribution in [3.05, 3.63) is 23.8 Å². The van der Waals surface area contributed by atoms with Gasteiger partial charge in [0.15, 0.2) is 0 Å². The molecule has 0 saturated carbocycles. The Hall–Kier alpha value is -1.84. The first kappa shape index (κ1) is 10.7. The van der Waals surface area contributed by atoms with Gasteiger partial charge in [-0.2, -0.15) is 0 Å². The van der Waals surface area contributed by atoms with Gasteiger partial charge in [-0.05, 0) is 18.2 Å². The molecule has 0 fully saturated rings. The van der Waals surface area contributed by atoms with Gasteiger partial charge in [0.2, 0.25) is 5.91 Å². The highest BCUT2D eigenvalue weighted by molar-refractivity contribution is 5.97. The van der Waals surface area contributed by atoms with E-state index in [9.17, 15) is 9.59 Å². The minimum absolute atomic E-state index is 0.00167. The fourth-order valence-electron chi connectivity index (χ4n) is 1.73. The number of nitrogens with zero attached hydrogens (tertiary/aromatic N) is 1. The molecular weight excluding hydrogens is 206 g/mol. The summed E-state index contributed by atoms with van der Waals surface area (Å²) in [6.07, 6.45) is 0.757. The zero-order valence-corrected chi connectivity index (χ0v) is 9.27. The van der Waals surface area contributed by atoms with Crippen molar-refractivity contribution in [2.24, 2.45) is 5.92 Å². The topological polar surface area (TPSA) is 46.6 Å². The highest BCUT2D eigenvalue weighted by Gasteiger charge is 2.25. The third kappa shape index (κ3) is 1.66. The third-order valence-corrected chi connectivity index (χ3v) is 2.72. The maximum absolute atomic E-state index is 11.9. The molecule has 1 aromatic carbocycles. The molecule has 1 aromatic rings. The van der Waals surface area contributed by atoms with Crippen LogP contribution in [0.5, 0.6) is 5.75 Å². The average Bonchev–Trinajstić information content (AvgIpc) is 2.42. The van der Waals surface area contributed by atoms with Crippen LogP contribution in [0, 0.1) is 5.92 Å². The second-order valence-electron chi connectivity index (χ2n) is 3.95. The molecular formula is C12H13NO3. The van der Waals surface area contributed by atoms with Gasteiger partial charge in [0, 0.05) is 12.6 Å². The lowest BCUT2D eigenvalue weighted by Gasteiger charge is -2.17. The summed E-state index contributed by atoms with van der Waals surface area (Å²) in [6.45, 7) is 2.20. The van der Waals surface area contributed by atoms with Crippen molar-refractivity contribution < 1.29 is 14.3 Å². The summed E-state index contributed by atoms with van der Waals surface area (Å²) in [5, 5.41) is 0. The second kappa shape index (κ2) is 3.96. The number of amides is 1. The molecule has 16 heavy (non-hydrogen) atoms. The van der Waals surface area contributed by atoms with Crippen LogP contribution in [0.25, 0.3) is 0 Å². The Morgan fingerprint density at radius 1 is 1.50 bits per heavy atom. The maximum Gasteiger partial charge on any atom is 0.233 e. The van der Waals surface area contributed by atoms with Crippen molar-refractivity contribution in [3.8, 4) is 5.75 Å². The van der Waals surface area contributed by atoms with E-state index < -0.39 is 0 Å². The van der Waals surface area contributed by atoms with E-state index in [2.05, 4.69) is 0 Å². The van der Waals surface area contributed by atoms with Crippen LogP contribution < -0.4 is 9.64 Å². The Kier molecular flexibility index (Phi) is 2.64. The van der Waals surface area contributed by atoms with Gasteiger partial charge in [0.1, 0.15) is 12.0 Å². The molecule has 84 valence electrons. The summed E-state index contributed by atoms with van der Waals surface area (Å²) in [4.78, 5) is 24.1. The van der Waals surface area contributed by atoms with Crippen LogP contribution in [0.3, 0.4) is 0 Å². The number of carbonyl (C=O) groups excluding carboxylic acids is 2. The summed E-state index contributed by atoms with van der Waals surface area (Å²) in [6, 6.07) is 5.07. The number of hydrogen-bond acceptors (Lipinski definition) is 3. The molecule has 1 aliphatic rings. The number of benzene rings is 1. The Balaban J connectivity index is 2.49. The molecule has 4 nitrogen and oxygen atoms in total. The van der Waals surface area contributed by atoms with Gasteiger partial charge in [-0.3, -0.25) is 9.59 Å². The number of rotatable bonds is 1. The number of anilines is 1. The maximum atomic E-state index is 11.9. The van der Waals surface area contributed by atoms with E-state index in [0.717, 1.165) is 6.29 Å². The van der Waals surface area contributed by atoms with Crippen LogP contribution in [-0.2, 0) is 4.79 Å².